The lowest BCUT2D eigenvalue weighted by Gasteiger charge is -2.21. The molecule has 112 valence electrons. The van der Waals surface area contributed by atoms with Crippen molar-refractivity contribution in [1.29, 1.82) is 0 Å². The molecule has 4 nitrogen and oxygen atoms in total. The molecule has 2 unspecified atom stereocenters. The number of aliphatic hydroxyl groups is 1. The molecule has 0 saturated carbocycles. The van der Waals surface area contributed by atoms with E-state index < -0.39 is 30.8 Å². The number of nitrogens with one attached hydrogen (secondary N) is 1. The van der Waals surface area contributed by atoms with E-state index in [1.165, 1.54) is 0 Å². The lowest BCUT2D eigenvalue weighted by atomic mass is 10.1. The van der Waals surface area contributed by atoms with Crippen molar-refractivity contribution in [3.63, 3.8) is 0 Å². The van der Waals surface area contributed by atoms with Gasteiger partial charge < -0.3 is 9.84 Å². The van der Waals surface area contributed by atoms with E-state index in [4.69, 9.17) is 9.84 Å². The Morgan fingerprint density at radius 3 is 2.45 bits per heavy atom. The Kier molecular flexibility index (Phi) is 5.97. The Morgan fingerprint density at radius 2 is 1.95 bits per heavy atom. The number of alkyl halides is 3. The standard InChI is InChI=1S/C13H16F3NO3/c1-2-20-12(19)11(9-6-4-3-5-7-9)17-8-10(18)13(14,15)16/h3-7,10-11,17-18H,2,8H2,1H3. The highest BCUT2D eigenvalue weighted by Gasteiger charge is 2.38. The summed E-state index contributed by atoms with van der Waals surface area (Å²) < 4.78 is 41.5. The molecule has 0 bridgehead atoms. The third-order valence-electron chi connectivity index (χ3n) is 2.55. The Morgan fingerprint density at radius 1 is 1.35 bits per heavy atom. The van der Waals surface area contributed by atoms with Crippen LogP contribution in [0.4, 0.5) is 13.2 Å². The number of aliphatic hydroxyl groups excluding tert-OH is 1. The summed E-state index contributed by atoms with van der Waals surface area (Å²) >= 11 is 0. The van der Waals surface area contributed by atoms with Gasteiger partial charge in [-0.25, -0.2) is 4.79 Å². The molecule has 1 rings (SSSR count). The van der Waals surface area contributed by atoms with Gasteiger partial charge in [0.1, 0.15) is 6.04 Å². The molecule has 0 radical (unpaired) electrons. The lowest BCUT2D eigenvalue weighted by molar-refractivity contribution is -0.202. The van der Waals surface area contributed by atoms with Crippen LogP contribution in [0, 0.1) is 0 Å². The van der Waals surface area contributed by atoms with Crippen molar-refractivity contribution >= 4 is 5.97 Å². The summed E-state index contributed by atoms with van der Waals surface area (Å²) in [5.41, 5.74) is 0.473. The van der Waals surface area contributed by atoms with Crippen molar-refractivity contribution in [2.75, 3.05) is 13.2 Å². The first-order chi connectivity index (χ1) is 9.36. The SMILES string of the molecule is CCOC(=O)C(NCC(O)C(F)(F)F)c1ccccc1. The molecule has 0 saturated heterocycles. The normalized spacial score (nSPS) is 14.7. The molecular formula is C13H16F3NO3. The fraction of sp³-hybridized carbons (Fsp3) is 0.462. The van der Waals surface area contributed by atoms with E-state index >= 15 is 0 Å². The van der Waals surface area contributed by atoms with Gasteiger partial charge in [0.25, 0.3) is 0 Å². The maximum Gasteiger partial charge on any atom is 0.415 e. The van der Waals surface area contributed by atoms with E-state index in [2.05, 4.69) is 5.32 Å². The van der Waals surface area contributed by atoms with Gasteiger partial charge in [0.15, 0.2) is 6.10 Å². The van der Waals surface area contributed by atoms with E-state index in [-0.39, 0.29) is 6.61 Å². The van der Waals surface area contributed by atoms with Crippen LogP contribution in [0.3, 0.4) is 0 Å². The van der Waals surface area contributed by atoms with Crippen LogP contribution in [0.1, 0.15) is 18.5 Å². The fourth-order valence-corrected chi connectivity index (χ4v) is 1.55. The molecule has 1 aromatic rings. The molecule has 7 heteroatoms. The van der Waals surface area contributed by atoms with Crippen LogP contribution in [0.25, 0.3) is 0 Å². The van der Waals surface area contributed by atoms with E-state index in [0.717, 1.165) is 0 Å². The van der Waals surface area contributed by atoms with Crippen molar-refractivity contribution in [3.8, 4) is 0 Å². The van der Waals surface area contributed by atoms with Gasteiger partial charge in [0.2, 0.25) is 0 Å². The second-order valence-electron chi connectivity index (χ2n) is 4.06. The molecule has 0 aliphatic carbocycles. The highest BCUT2D eigenvalue weighted by atomic mass is 19.4. The minimum atomic E-state index is -4.73. The summed E-state index contributed by atoms with van der Waals surface area (Å²) in [6.07, 6.45) is -7.27. The first-order valence-electron chi connectivity index (χ1n) is 6.06. The topological polar surface area (TPSA) is 58.6 Å². The Balaban J connectivity index is 2.77. The van der Waals surface area contributed by atoms with E-state index in [0.29, 0.717) is 5.56 Å². The predicted molar refractivity (Wildman–Crippen MR) is 65.9 cm³/mol. The highest BCUT2D eigenvalue weighted by molar-refractivity contribution is 5.77. The van der Waals surface area contributed by atoms with Crippen LogP contribution in [0.2, 0.25) is 0 Å². The highest BCUT2D eigenvalue weighted by Crippen LogP contribution is 2.21. The number of carbonyl (C=O) groups is 1. The zero-order valence-electron chi connectivity index (χ0n) is 10.9. The number of carbonyl (C=O) groups excluding carboxylic acids is 1. The Hall–Kier alpha value is -1.60. The number of esters is 1. The van der Waals surface area contributed by atoms with Gasteiger partial charge in [-0.2, -0.15) is 13.2 Å². The van der Waals surface area contributed by atoms with Crippen molar-refractivity contribution in [2.24, 2.45) is 0 Å². The molecule has 20 heavy (non-hydrogen) atoms. The first-order valence-corrected chi connectivity index (χ1v) is 6.06. The predicted octanol–water partition coefficient (Wildman–Crippen LogP) is 1.80. The van der Waals surface area contributed by atoms with Gasteiger partial charge in [-0.1, -0.05) is 30.3 Å². The fourth-order valence-electron chi connectivity index (χ4n) is 1.55. The smallest absolute Gasteiger partial charge is 0.415 e. The first kappa shape index (κ1) is 16.5. The zero-order valence-corrected chi connectivity index (χ0v) is 10.9. The molecule has 2 atom stereocenters. The molecule has 0 amide bonds. The van der Waals surface area contributed by atoms with Gasteiger partial charge in [-0.05, 0) is 12.5 Å². The number of hydrogen-bond acceptors (Lipinski definition) is 4. The monoisotopic (exact) mass is 291 g/mol. The van der Waals surface area contributed by atoms with Crippen LogP contribution >= 0.6 is 0 Å². The van der Waals surface area contributed by atoms with Crippen molar-refractivity contribution in [1.82, 2.24) is 5.32 Å². The molecule has 0 spiro atoms. The average molecular weight is 291 g/mol. The maximum atomic E-state index is 12.2. The summed E-state index contributed by atoms with van der Waals surface area (Å²) in [5, 5.41) is 11.3. The number of ether oxygens (including phenoxy) is 1. The number of rotatable bonds is 6. The molecule has 0 aromatic heterocycles. The van der Waals surface area contributed by atoms with Crippen LogP contribution in [-0.2, 0) is 9.53 Å². The largest absolute Gasteiger partial charge is 0.465 e. The number of halogens is 3. The third-order valence-corrected chi connectivity index (χ3v) is 2.55. The summed E-state index contributed by atoms with van der Waals surface area (Å²) in [5.74, 6) is -0.687. The van der Waals surface area contributed by atoms with E-state index in [1.54, 1.807) is 37.3 Å². The summed E-state index contributed by atoms with van der Waals surface area (Å²) in [7, 11) is 0. The molecule has 0 aliphatic rings. The second kappa shape index (κ2) is 7.25. The van der Waals surface area contributed by atoms with E-state index in [9.17, 15) is 18.0 Å². The Labute approximate surface area is 114 Å². The lowest BCUT2D eigenvalue weighted by Crippen LogP contribution is -2.42. The Bertz CT molecular complexity index is 423. The molecule has 1 aromatic carbocycles. The van der Waals surface area contributed by atoms with Crippen LogP contribution in [0.5, 0.6) is 0 Å². The van der Waals surface area contributed by atoms with Crippen molar-refractivity contribution in [3.05, 3.63) is 35.9 Å². The molecule has 0 heterocycles. The maximum absolute atomic E-state index is 12.2. The van der Waals surface area contributed by atoms with Gasteiger partial charge in [-0.3, -0.25) is 5.32 Å². The van der Waals surface area contributed by atoms with Gasteiger partial charge in [-0.15, -0.1) is 0 Å². The van der Waals surface area contributed by atoms with Crippen LogP contribution in [0.15, 0.2) is 30.3 Å². The molecular weight excluding hydrogens is 275 g/mol. The van der Waals surface area contributed by atoms with Gasteiger partial charge in [0, 0.05) is 6.54 Å². The van der Waals surface area contributed by atoms with Crippen molar-refractivity contribution in [2.45, 2.75) is 25.2 Å². The molecule has 0 aliphatic heterocycles. The molecule has 2 N–H and O–H groups in total. The van der Waals surface area contributed by atoms with Crippen molar-refractivity contribution < 1.29 is 27.8 Å². The zero-order chi connectivity index (χ0) is 15.2. The van der Waals surface area contributed by atoms with Crippen LogP contribution < -0.4 is 5.32 Å². The summed E-state index contributed by atoms with van der Waals surface area (Å²) in [6, 6.07) is 7.17. The number of hydrogen-bond donors (Lipinski definition) is 2. The van der Waals surface area contributed by atoms with Gasteiger partial charge >= 0.3 is 12.1 Å². The summed E-state index contributed by atoms with van der Waals surface area (Å²) in [6.45, 7) is 0.929. The summed E-state index contributed by atoms with van der Waals surface area (Å²) in [4.78, 5) is 11.8. The quantitative estimate of drug-likeness (QED) is 0.785. The third kappa shape index (κ3) is 4.82. The average Bonchev–Trinajstić information content (AvgIpc) is 2.39. The molecule has 0 fully saturated rings. The van der Waals surface area contributed by atoms with E-state index in [1.807, 2.05) is 0 Å². The van der Waals surface area contributed by atoms with Gasteiger partial charge in [0.05, 0.1) is 6.61 Å². The van der Waals surface area contributed by atoms with Crippen LogP contribution in [-0.4, -0.2) is 36.5 Å². The minimum absolute atomic E-state index is 0.117. The minimum Gasteiger partial charge on any atom is -0.465 e. The number of benzene rings is 1. The second-order valence-corrected chi connectivity index (χ2v) is 4.06.